The van der Waals surface area contributed by atoms with E-state index in [1.165, 1.54) is 6.20 Å². The first-order valence-electron chi connectivity index (χ1n) is 8.71. The summed E-state index contributed by atoms with van der Waals surface area (Å²) >= 11 is 0. The van der Waals surface area contributed by atoms with Gasteiger partial charge in [0.2, 0.25) is 0 Å². The van der Waals surface area contributed by atoms with Gasteiger partial charge in [0.05, 0.1) is 17.1 Å². The number of hydrogen-bond acceptors (Lipinski definition) is 5. The van der Waals surface area contributed by atoms with Crippen LogP contribution in [0.4, 0.5) is 5.82 Å². The highest BCUT2D eigenvalue weighted by atomic mass is 32.2. The van der Waals surface area contributed by atoms with Crippen molar-refractivity contribution in [2.24, 2.45) is 7.05 Å². The van der Waals surface area contributed by atoms with E-state index in [0.29, 0.717) is 22.5 Å². The van der Waals surface area contributed by atoms with E-state index in [4.69, 9.17) is 0 Å². The smallest absolute Gasteiger partial charge is 0.263 e. The fourth-order valence-corrected chi connectivity index (χ4v) is 4.19. The SMILES string of the molecule is Cc1cc(NS(=O)(=O)c2cnc3c(c2)c(C)nn3C)n(-c2ccccc2C)n1. The van der Waals surface area contributed by atoms with Crippen molar-refractivity contribution in [3.05, 3.63) is 59.5 Å². The summed E-state index contributed by atoms with van der Waals surface area (Å²) in [4.78, 5) is 4.34. The number of sulfonamides is 1. The number of pyridine rings is 1. The number of anilines is 1. The molecule has 0 aliphatic heterocycles. The molecule has 0 bridgehead atoms. The average molecular weight is 396 g/mol. The zero-order chi connectivity index (χ0) is 20.1. The Kier molecular flexibility index (Phi) is 4.19. The number of para-hydroxylation sites is 1. The minimum atomic E-state index is -3.85. The number of nitrogens with zero attached hydrogens (tertiary/aromatic N) is 5. The van der Waals surface area contributed by atoms with E-state index >= 15 is 0 Å². The van der Waals surface area contributed by atoms with Crippen LogP contribution in [0.2, 0.25) is 0 Å². The van der Waals surface area contributed by atoms with E-state index in [1.54, 1.807) is 28.5 Å². The molecular weight excluding hydrogens is 376 g/mol. The number of aryl methyl sites for hydroxylation is 4. The predicted molar refractivity (Wildman–Crippen MR) is 107 cm³/mol. The second-order valence-electron chi connectivity index (χ2n) is 6.73. The number of fused-ring (bicyclic) bond motifs is 1. The first kappa shape index (κ1) is 18.2. The molecule has 0 saturated carbocycles. The number of nitrogens with one attached hydrogen (secondary N) is 1. The normalized spacial score (nSPS) is 11.9. The van der Waals surface area contributed by atoms with Gasteiger partial charge in [0.15, 0.2) is 5.65 Å². The Bertz CT molecular complexity index is 1300. The molecule has 0 aliphatic carbocycles. The maximum absolute atomic E-state index is 13.0. The second-order valence-corrected chi connectivity index (χ2v) is 8.41. The Morgan fingerprint density at radius 1 is 1.04 bits per heavy atom. The molecule has 4 aromatic rings. The van der Waals surface area contributed by atoms with Crippen LogP contribution in [0, 0.1) is 20.8 Å². The summed E-state index contributed by atoms with van der Waals surface area (Å²) in [6.07, 6.45) is 1.34. The molecule has 0 amide bonds. The lowest BCUT2D eigenvalue weighted by molar-refractivity contribution is 0.600. The molecule has 9 heteroatoms. The molecule has 4 rings (SSSR count). The van der Waals surface area contributed by atoms with Gasteiger partial charge in [-0.15, -0.1) is 0 Å². The van der Waals surface area contributed by atoms with E-state index in [-0.39, 0.29) is 4.90 Å². The Labute approximate surface area is 162 Å². The van der Waals surface area contributed by atoms with Crippen molar-refractivity contribution < 1.29 is 8.42 Å². The zero-order valence-electron chi connectivity index (χ0n) is 16.0. The highest BCUT2D eigenvalue weighted by Crippen LogP contribution is 2.24. The molecule has 1 N–H and O–H groups in total. The zero-order valence-corrected chi connectivity index (χ0v) is 16.8. The molecule has 1 aromatic carbocycles. The van der Waals surface area contributed by atoms with Crippen LogP contribution in [0.25, 0.3) is 16.7 Å². The van der Waals surface area contributed by atoms with Crippen LogP contribution in [0.15, 0.2) is 47.5 Å². The van der Waals surface area contributed by atoms with E-state index in [0.717, 1.165) is 16.9 Å². The van der Waals surface area contributed by atoms with Gasteiger partial charge >= 0.3 is 0 Å². The van der Waals surface area contributed by atoms with Gasteiger partial charge in [-0.25, -0.2) is 18.1 Å². The van der Waals surface area contributed by atoms with Gasteiger partial charge in [-0.1, -0.05) is 18.2 Å². The molecule has 0 saturated heterocycles. The maximum Gasteiger partial charge on any atom is 0.264 e. The van der Waals surface area contributed by atoms with Crippen LogP contribution in [0.5, 0.6) is 0 Å². The summed E-state index contributed by atoms with van der Waals surface area (Å²) in [5.74, 6) is 0.370. The predicted octanol–water partition coefficient (Wildman–Crippen LogP) is 2.88. The third-order valence-corrected chi connectivity index (χ3v) is 5.88. The third-order valence-electron chi connectivity index (χ3n) is 4.56. The largest absolute Gasteiger partial charge is 0.264 e. The fourth-order valence-electron chi connectivity index (χ4n) is 3.19. The lowest BCUT2D eigenvalue weighted by Gasteiger charge is -2.12. The summed E-state index contributed by atoms with van der Waals surface area (Å²) < 4.78 is 31.9. The van der Waals surface area contributed by atoms with Gasteiger partial charge in [-0.2, -0.15) is 10.2 Å². The van der Waals surface area contributed by atoms with Crippen LogP contribution >= 0.6 is 0 Å². The van der Waals surface area contributed by atoms with Crippen molar-refractivity contribution >= 4 is 26.9 Å². The summed E-state index contributed by atoms with van der Waals surface area (Å²) in [7, 11) is -2.08. The highest BCUT2D eigenvalue weighted by molar-refractivity contribution is 7.92. The van der Waals surface area contributed by atoms with Gasteiger partial charge in [-0.05, 0) is 38.5 Å². The minimum absolute atomic E-state index is 0.0753. The Morgan fingerprint density at radius 2 is 1.79 bits per heavy atom. The molecule has 144 valence electrons. The highest BCUT2D eigenvalue weighted by Gasteiger charge is 2.21. The van der Waals surface area contributed by atoms with E-state index in [9.17, 15) is 8.42 Å². The molecular formula is C19H20N6O2S. The van der Waals surface area contributed by atoms with Gasteiger partial charge < -0.3 is 0 Å². The Balaban J connectivity index is 1.77. The van der Waals surface area contributed by atoms with E-state index in [2.05, 4.69) is 19.9 Å². The quantitative estimate of drug-likeness (QED) is 0.572. The van der Waals surface area contributed by atoms with Crippen LogP contribution in [-0.4, -0.2) is 33.0 Å². The maximum atomic E-state index is 13.0. The monoisotopic (exact) mass is 396 g/mol. The molecule has 0 unspecified atom stereocenters. The van der Waals surface area contributed by atoms with Crippen molar-refractivity contribution in [3.63, 3.8) is 0 Å². The van der Waals surface area contributed by atoms with Gasteiger partial charge in [-0.3, -0.25) is 9.40 Å². The van der Waals surface area contributed by atoms with Gasteiger partial charge in [0.25, 0.3) is 10.0 Å². The van der Waals surface area contributed by atoms with Crippen LogP contribution in [-0.2, 0) is 17.1 Å². The number of hydrogen-bond donors (Lipinski definition) is 1. The van der Waals surface area contributed by atoms with Gasteiger partial charge in [0, 0.05) is 24.7 Å². The molecule has 3 heterocycles. The summed E-state index contributed by atoms with van der Waals surface area (Å²) in [6, 6.07) is 11.0. The van der Waals surface area contributed by atoms with Crippen molar-refractivity contribution in [1.82, 2.24) is 24.5 Å². The molecule has 0 spiro atoms. The molecule has 3 aromatic heterocycles. The number of aromatic nitrogens is 5. The molecule has 0 aliphatic rings. The van der Waals surface area contributed by atoms with Gasteiger partial charge in [0.1, 0.15) is 10.7 Å². The molecule has 0 fully saturated rings. The van der Waals surface area contributed by atoms with Crippen molar-refractivity contribution in [1.29, 1.82) is 0 Å². The number of benzene rings is 1. The third kappa shape index (κ3) is 3.03. The molecule has 0 atom stereocenters. The second kappa shape index (κ2) is 6.45. The van der Waals surface area contributed by atoms with E-state index < -0.39 is 10.0 Å². The van der Waals surface area contributed by atoms with Crippen LogP contribution < -0.4 is 4.72 Å². The molecule has 28 heavy (non-hydrogen) atoms. The lowest BCUT2D eigenvalue weighted by atomic mass is 10.2. The summed E-state index contributed by atoms with van der Waals surface area (Å²) in [6.45, 7) is 5.59. The molecule has 0 radical (unpaired) electrons. The standard InChI is InChI=1S/C19H20N6O2S/c1-12-7-5-6-8-17(12)25-18(9-13(2)21-25)23-28(26,27)15-10-16-14(3)22-24(4)19(16)20-11-15/h5-11,23H,1-4H3. The topological polar surface area (TPSA) is 94.7 Å². The average Bonchev–Trinajstić information content (AvgIpc) is 3.14. The summed E-state index contributed by atoms with van der Waals surface area (Å²) in [5.41, 5.74) is 3.86. The Hall–Kier alpha value is -3.20. The number of rotatable bonds is 4. The fraction of sp³-hybridized carbons (Fsp3) is 0.211. The molecule has 8 nitrogen and oxygen atoms in total. The van der Waals surface area contributed by atoms with Crippen molar-refractivity contribution in [2.45, 2.75) is 25.7 Å². The first-order valence-corrected chi connectivity index (χ1v) is 10.2. The minimum Gasteiger partial charge on any atom is -0.263 e. The van der Waals surface area contributed by atoms with Crippen LogP contribution in [0.1, 0.15) is 17.0 Å². The van der Waals surface area contributed by atoms with Crippen molar-refractivity contribution in [2.75, 3.05) is 4.72 Å². The first-order chi connectivity index (χ1) is 13.3. The van der Waals surface area contributed by atoms with E-state index in [1.807, 2.05) is 45.0 Å². The lowest BCUT2D eigenvalue weighted by Crippen LogP contribution is -2.16. The Morgan fingerprint density at radius 3 is 2.54 bits per heavy atom. The summed E-state index contributed by atoms with van der Waals surface area (Å²) in [5, 5.41) is 9.44. The van der Waals surface area contributed by atoms with Crippen LogP contribution in [0.3, 0.4) is 0 Å². The van der Waals surface area contributed by atoms with Crippen molar-refractivity contribution in [3.8, 4) is 5.69 Å².